The zero-order valence-corrected chi connectivity index (χ0v) is 13.5. The Kier molecular flexibility index (Phi) is 5.62. The van der Waals surface area contributed by atoms with Gasteiger partial charge >= 0.3 is 0 Å². The summed E-state index contributed by atoms with van der Waals surface area (Å²) < 4.78 is 0. The average Bonchev–Trinajstić information content (AvgIpc) is 2.46. The first-order valence-corrected chi connectivity index (χ1v) is 8.06. The molecule has 1 fully saturated rings. The number of aryl methyl sites for hydroxylation is 1. The maximum absolute atomic E-state index is 3.48. The van der Waals surface area contributed by atoms with Gasteiger partial charge in [0.15, 0.2) is 0 Å². The molecule has 2 nitrogen and oxygen atoms in total. The average molecular weight is 274 g/mol. The fourth-order valence-electron chi connectivity index (χ4n) is 3.22. The van der Waals surface area contributed by atoms with Crippen LogP contribution in [0.15, 0.2) is 24.3 Å². The zero-order valence-electron chi connectivity index (χ0n) is 13.5. The quantitative estimate of drug-likeness (QED) is 0.882. The predicted molar refractivity (Wildman–Crippen MR) is 87.0 cm³/mol. The van der Waals surface area contributed by atoms with Gasteiger partial charge in [-0.1, -0.05) is 43.7 Å². The molecule has 20 heavy (non-hydrogen) atoms. The highest BCUT2D eigenvalue weighted by atomic mass is 15.1. The summed E-state index contributed by atoms with van der Waals surface area (Å²) >= 11 is 0. The second-order valence-electron chi connectivity index (χ2n) is 6.63. The van der Waals surface area contributed by atoms with Crippen LogP contribution in [0.3, 0.4) is 0 Å². The highest BCUT2D eigenvalue weighted by molar-refractivity contribution is 5.24. The SMILES string of the molecule is CNC(CN1CCC(C(C)C)CC1)c1ccc(C)cc1. The van der Waals surface area contributed by atoms with E-state index in [1.807, 2.05) is 0 Å². The van der Waals surface area contributed by atoms with E-state index in [9.17, 15) is 0 Å². The van der Waals surface area contributed by atoms with Crippen LogP contribution in [0, 0.1) is 18.8 Å². The van der Waals surface area contributed by atoms with Crippen molar-refractivity contribution in [2.75, 3.05) is 26.7 Å². The summed E-state index contributed by atoms with van der Waals surface area (Å²) in [4.78, 5) is 2.62. The molecule has 1 saturated heterocycles. The van der Waals surface area contributed by atoms with E-state index < -0.39 is 0 Å². The molecule has 1 N–H and O–H groups in total. The van der Waals surface area contributed by atoms with Crippen LogP contribution in [-0.4, -0.2) is 31.6 Å². The van der Waals surface area contributed by atoms with E-state index in [4.69, 9.17) is 0 Å². The Morgan fingerprint density at radius 2 is 1.75 bits per heavy atom. The van der Waals surface area contributed by atoms with E-state index in [0.29, 0.717) is 6.04 Å². The van der Waals surface area contributed by atoms with Gasteiger partial charge in [-0.2, -0.15) is 0 Å². The Bertz CT molecular complexity index is 388. The minimum atomic E-state index is 0.450. The Balaban J connectivity index is 1.89. The van der Waals surface area contributed by atoms with Gasteiger partial charge in [0.05, 0.1) is 0 Å². The normalized spacial score (nSPS) is 19.4. The summed E-state index contributed by atoms with van der Waals surface area (Å²) in [6.07, 6.45) is 2.73. The monoisotopic (exact) mass is 274 g/mol. The molecule has 0 saturated carbocycles. The van der Waals surface area contributed by atoms with E-state index >= 15 is 0 Å². The molecule has 1 aliphatic rings. The fraction of sp³-hybridized carbons (Fsp3) is 0.667. The van der Waals surface area contributed by atoms with Gasteiger partial charge in [0.2, 0.25) is 0 Å². The highest BCUT2D eigenvalue weighted by Crippen LogP contribution is 2.25. The first-order chi connectivity index (χ1) is 9.60. The van der Waals surface area contributed by atoms with Crippen molar-refractivity contribution in [1.29, 1.82) is 0 Å². The van der Waals surface area contributed by atoms with Crippen LogP contribution in [0.4, 0.5) is 0 Å². The predicted octanol–water partition coefficient (Wildman–Crippen LogP) is 3.62. The molecule has 112 valence electrons. The molecule has 1 aliphatic heterocycles. The molecule has 2 heteroatoms. The molecule has 0 radical (unpaired) electrons. The van der Waals surface area contributed by atoms with Gasteiger partial charge in [0.1, 0.15) is 0 Å². The van der Waals surface area contributed by atoms with Gasteiger partial charge in [-0.25, -0.2) is 0 Å². The molecule has 1 aromatic carbocycles. The van der Waals surface area contributed by atoms with Crippen LogP contribution in [0.1, 0.15) is 43.9 Å². The Morgan fingerprint density at radius 3 is 2.25 bits per heavy atom. The minimum absolute atomic E-state index is 0.450. The number of nitrogens with zero attached hydrogens (tertiary/aromatic N) is 1. The van der Waals surface area contributed by atoms with Gasteiger partial charge in [-0.3, -0.25) is 0 Å². The molecule has 0 aliphatic carbocycles. The summed E-state index contributed by atoms with van der Waals surface area (Å²) in [5.74, 6) is 1.77. The Hall–Kier alpha value is -0.860. The van der Waals surface area contributed by atoms with Crippen LogP contribution in [0.2, 0.25) is 0 Å². The largest absolute Gasteiger partial charge is 0.312 e. The molecule has 1 heterocycles. The van der Waals surface area contributed by atoms with Crippen molar-refractivity contribution in [2.24, 2.45) is 11.8 Å². The third kappa shape index (κ3) is 4.07. The summed E-state index contributed by atoms with van der Waals surface area (Å²) in [7, 11) is 2.07. The summed E-state index contributed by atoms with van der Waals surface area (Å²) in [5, 5.41) is 3.48. The highest BCUT2D eigenvalue weighted by Gasteiger charge is 2.23. The van der Waals surface area contributed by atoms with Gasteiger partial charge in [-0.05, 0) is 57.3 Å². The lowest BCUT2D eigenvalue weighted by Gasteiger charge is -2.35. The second-order valence-corrected chi connectivity index (χ2v) is 6.63. The first kappa shape index (κ1) is 15.5. The Labute approximate surface area is 124 Å². The van der Waals surface area contributed by atoms with E-state index in [1.165, 1.54) is 37.1 Å². The van der Waals surface area contributed by atoms with Crippen molar-refractivity contribution in [3.05, 3.63) is 35.4 Å². The standard InChI is InChI=1S/C18H30N2/c1-14(2)16-9-11-20(12-10-16)13-18(19-4)17-7-5-15(3)6-8-17/h5-8,14,16,18-19H,9-13H2,1-4H3. The molecule has 1 unspecified atom stereocenters. The van der Waals surface area contributed by atoms with Gasteiger partial charge in [-0.15, -0.1) is 0 Å². The number of benzene rings is 1. The summed E-state index contributed by atoms with van der Waals surface area (Å²) in [6.45, 7) is 10.5. The molecule has 0 bridgehead atoms. The van der Waals surface area contributed by atoms with Crippen molar-refractivity contribution >= 4 is 0 Å². The number of piperidine rings is 1. The molecular weight excluding hydrogens is 244 g/mol. The van der Waals surface area contributed by atoms with E-state index in [-0.39, 0.29) is 0 Å². The maximum Gasteiger partial charge on any atom is 0.0446 e. The number of nitrogens with one attached hydrogen (secondary N) is 1. The number of likely N-dealkylation sites (tertiary alicyclic amines) is 1. The van der Waals surface area contributed by atoms with Gasteiger partial charge in [0, 0.05) is 12.6 Å². The zero-order chi connectivity index (χ0) is 14.5. The minimum Gasteiger partial charge on any atom is -0.312 e. The summed E-state index contributed by atoms with van der Waals surface area (Å²) in [5.41, 5.74) is 2.74. The van der Waals surface area contributed by atoms with Gasteiger partial charge < -0.3 is 10.2 Å². The molecule has 1 atom stereocenters. The molecule has 2 rings (SSSR count). The topological polar surface area (TPSA) is 15.3 Å². The van der Waals surface area contributed by atoms with Gasteiger partial charge in [0.25, 0.3) is 0 Å². The third-order valence-electron chi connectivity index (χ3n) is 4.84. The second kappa shape index (κ2) is 7.24. The number of likely N-dealkylation sites (N-methyl/N-ethyl adjacent to an activating group) is 1. The first-order valence-electron chi connectivity index (χ1n) is 8.06. The van der Waals surface area contributed by atoms with Crippen molar-refractivity contribution < 1.29 is 0 Å². The van der Waals surface area contributed by atoms with E-state index in [1.54, 1.807) is 0 Å². The summed E-state index contributed by atoms with van der Waals surface area (Å²) in [6, 6.07) is 9.40. The number of rotatable bonds is 5. The molecule has 0 aromatic heterocycles. The number of hydrogen-bond acceptors (Lipinski definition) is 2. The van der Waals surface area contributed by atoms with Crippen molar-refractivity contribution in [3.63, 3.8) is 0 Å². The van der Waals surface area contributed by atoms with Crippen molar-refractivity contribution in [2.45, 2.75) is 39.7 Å². The van der Waals surface area contributed by atoms with Crippen LogP contribution < -0.4 is 5.32 Å². The molecule has 0 amide bonds. The van der Waals surface area contributed by atoms with Crippen LogP contribution in [-0.2, 0) is 0 Å². The molecule has 1 aromatic rings. The smallest absolute Gasteiger partial charge is 0.0446 e. The lowest BCUT2D eigenvalue weighted by atomic mass is 9.86. The molecular formula is C18H30N2. The Morgan fingerprint density at radius 1 is 1.15 bits per heavy atom. The van der Waals surface area contributed by atoms with E-state index in [0.717, 1.165) is 18.4 Å². The maximum atomic E-state index is 3.48. The molecule has 0 spiro atoms. The lowest BCUT2D eigenvalue weighted by Crippen LogP contribution is -2.40. The van der Waals surface area contributed by atoms with Crippen LogP contribution >= 0.6 is 0 Å². The lowest BCUT2D eigenvalue weighted by molar-refractivity contribution is 0.147. The van der Waals surface area contributed by atoms with Crippen molar-refractivity contribution in [1.82, 2.24) is 10.2 Å². The van der Waals surface area contributed by atoms with Crippen LogP contribution in [0.25, 0.3) is 0 Å². The number of hydrogen-bond donors (Lipinski definition) is 1. The van der Waals surface area contributed by atoms with Crippen LogP contribution in [0.5, 0.6) is 0 Å². The third-order valence-corrected chi connectivity index (χ3v) is 4.84. The fourth-order valence-corrected chi connectivity index (χ4v) is 3.22. The van der Waals surface area contributed by atoms with Crippen molar-refractivity contribution in [3.8, 4) is 0 Å². The van der Waals surface area contributed by atoms with E-state index in [2.05, 4.69) is 62.3 Å².